The molecule has 6 nitrogen and oxygen atoms in total. The molecular weight excluding hydrogens is 296 g/mol. The van der Waals surface area contributed by atoms with Gasteiger partial charge in [0, 0.05) is 0 Å². The summed E-state index contributed by atoms with van der Waals surface area (Å²) < 4.78 is 46.0. The van der Waals surface area contributed by atoms with E-state index in [1.54, 1.807) is 0 Å². The molecule has 120 valence electrons. The van der Waals surface area contributed by atoms with Gasteiger partial charge < -0.3 is 14.2 Å². The maximum atomic E-state index is 10.7. The third-order valence-electron chi connectivity index (χ3n) is 2.72. The van der Waals surface area contributed by atoms with Crippen LogP contribution in [0.4, 0.5) is 0 Å². The highest BCUT2D eigenvalue weighted by Gasteiger charge is 2.16. The summed E-state index contributed by atoms with van der Waals surface area (Å²) in [5.41, 5.74) is 1.11. The van der Waals surface area contributed by atoms with Gasteiger partial charge in [0.05, 0.1) is 39.6 Å². The Balaban J connectivity index is 1.91. The zero-order valence-corrected chi connectivity index (χ0v) is 12.9. The molecule has 0 spiro atoms. The quantitative estimate of drug-likeness (QED) is 0.492. The number of rotatable bonds is 11. The monoisotopic (exact) mass is 318 g/mol. The molecule has 1 aromatic carbocycles. The fourth-order valence-electron chi connectivity index (χ4n) is 1.44. The van der Waals surface area contributed by atoms with Gasteiger partial charge in [0.1, 0.15) is 5.25 Å². The van der Waals surface area contributed by atoms with Crippen molar-refractivity contribution < 1.29 is 27.2 Å². The topological polar surface area (TPSA) is 82.1 Å². The van der Waals surface area contributed by atoms with Gasteiger partial charge in [-0.15, -0.1) is 0 Å². The fourth-order valence-corrected chi connectivity index (χ4v) is 1.71. The predicted octanol–water partition coefficient (Wildman–Crippen LogP) is 1.51. The summed E-state index contributed by atoms with van der Waals surface area (Å²) in [7, 11) is -4.02. The van der Waals surface area contributed by atoms with Gasteiger partial charge >= 0.3 is 0 Å². The summed E-state index contributed by atoms with van der Waals surface area (Å²) in [6.45, 7) is 3.44. The van der Waals surface area contributed by atoms with Crippen LogP contribution in [-0.2, 0) is 30.9 Å². The molecule has 1 rings (SSSR count). The van der Waals surface area contributed by atoms with Crippen LogP contribution >= 0.6 is 0 Å². The first-order valence-electron chi connectivity index (χ1n) is 6.73. The standard InChI is InChI=1S/C14H22O6S/c1-13(21(15,16)17)11-19-9-7-18-8-10-20-12-14-5-3-2-4-6-14/h2-6,13H,7-12H2,1H3,(H,15,16,17). The SMILES string of the molecule is CC(COCCOCCOCc1ccccc1)S(=O)(=O)O. The molecule has 0 saturated carbocycles. The van der Waals surface area contributed by atoms with E-state index in [1.807, 2.05) is 30.3 Å². The van der Waals surface area contributed by atoms with Gasteiger partial charge in [-0.25, -0.2) is 0 Å². The molecule has 0 aliphatic heterocycles. The van der Waals surface area contributed by atoms with Crippen molar-refractivity contribution in [3.8, 4) is 0 Å². The Labute approximate surface area is 125 Å². The lowest BCUT2D eigenvalue weighted by Crippen LogP contribution is -2.23. The van der Waals surface area contributed by atoms with Crippen LogP contribution in [0.3, 0.4) is 0 Å². The number of hydrogen-bond donors (Lipinski definition) is 1. The van der Waals surface area contributed by atoms with Gasteiger partial charge in [0.15, 0.2) is 0 Å². The highest BCUT2D eigenvalue weighted by molar-refractivity contribution is 7.86. The molecule has 21 heavy (non-hydrogen) atoms. The van der Waals surface area contributed by atoms with E-state index in [4.69, 9.17) is 18.8 Å². The van der Waals surface area contributed by atoms with E-state index in [0.29, 0.717) is 26.4 Å². The Morgan fingerprint density at radius 1 is 1.00 bits per heavy atom. The van der Waals surface area contributed by atoms with Crippen molar-refractivity contribution in [3.63, 3.8) is 0 Å². The van der Waals surface area contributed by atoms with E-state index in [1.165, 1.54) is 6.92 Å². The summed E-state index contributed by atoms with van der Waals surface area (Å²) in [5.74, 6) is 0. The van der Waals surface area contributed by atoms with Crippen molar-refractivity contribution in [1.82, 2.24) is 0 Å². The minimum atomic E-state index is -4.02. The second-order valence-corrected chi connectivity index (χ2v) is 6.39. The Hall–Kier alpha value is -0.990. The third-order valence-corrected chi connectivity index (χ3v) is 3.87. The van der Waals surface area contributed by atoms with Crippen molar-refractivity contribution in [2.75, 3.05) is 33.0 Å². The highest BCUT2D eigenvalue weighted by atomic mass is 32.2. The van der Waals surface area contributed by atoms with E-state index in [9.17, 15) is 8.42 Å². The first kappa shape index (κ1) is 18.1. The van der Waals surface area contributed by atoms with Crippen LogP contribution in [-0.4, -0.2) is 51.3 Å². The average molecular weight is 318 g/mol. The van der Waals surface area contributed by atoms with Crippen molar-refractivity contribution in [2.24, 2.45) is 0 Å². The van der Waals surface area contributed by atoms with Crippen LogP contribution in [0, 0.1) is 0 Å². The summed E-state index contributed by atoms with van der Waals surface area (Å²) >= 11 is 0. The zero-order valence-electron chi connectivity index (χ0n) is 12.1. The summed E-state index contributed by atoms with van der Waals surface area (Å²) in [5, 5.41) is -0.924. The molecule has 0 bridgehead atoms. The largest absolute Gasteiger partial charge is 0.378 e. The lowest BCUT2D eigenvalue weighted by atomic mass is 10.2. The molecule has 1 N–H and O–H groups in total. The molecule has 1 aromatic rings. The van der Waals surface area contributed by atoms with Gasteiger partial charge in [0.25, 0.3) is 10.1 Å². The molecule has 0 heterocycles. The van der Waals surface area contributed by atoms with Crippen molar-refractivity contribution in [2.45, 2.75) is 18.8 Å². The first-order valence-corrected chi connectivity index (χ1v) is 8.24. The van der Waals surface area contributed by atoms with Crippen LogP contribution in [0.2, 0.25) is 0 Å². The van der Waals surface area contributed by atoms with Gasteiger partial charge in [0.2, 0.25) is 0 Å². The number of benzene rings is 1. The van der Waals surface area contributed by atoms with Crippen molar-refractivity contribution in [1.29, 1.82) is 0 Å². The van der Waals surface area contributed by atoms with E-state index < -0.39 is 15.4 Å². The maximum Gasteiger partial charge on any atom is 0.269 e. The van der Waals surface area contributed by atoms with Gasteiger partial charge in [-0.05, 0) is 12.5 Å². The molecule has 0 saturated heterocycles. The molecule has 1 unspecified atom stereocenters. The van der Waals surface area contributed by atoms with Crippen molar-refractivity contribution in [3.05, 3.63) is 35.9 Å². The molecule has 7 heteroatoms. The van der Waals surface area contributed by atoms with Crippen LogP contribution in [0.5, 0.6) is 0 Å². The molecule has 1 atom stereocenters. The van der Waals surface area contributed by atoms with Crippen LogP contribution in [0.15, 0.2) is 30.3 Å². The van der Waals surface area contributed by atoms with E-state index in [0.717, 1.165) is 5.56 Å². The van der Waals surface area contributed by atoms with Crippen LogP contribution in [0.1, 0.15) is 12.5 Å². The molecular formula is C14H22O6S. The second-order valence-electron chi connectivity index (χ2n) is 4.55. The Kier molecular flexibility index (Phi) is 8.48. The Morgan fingerprint density at radius 2 is 1.57 bits per heavy atom. The molecule has 0 radical (unpaired) electrons. The van der Waals surface area contributed by atoms with Gasteiger partial charge in [-0.2, -0.15) is 8.42 Å². The van der Waals surface area contributed by atoms with Gasteiger partial charge in [-0.3, -0.25) is 4.55 Å². The molecule has 0 aliphatic carbocycles. The lowest BCUT2D eigenvalue weighted by molar-refractivity contribution is 0.0109. The third kappa shape index (κ3) is 8.79. The summed E-state index contributed by atoms with van der Waals surface area (Å²) in [4.78, 5) is 0. The maximum absolute atomic E-state index is 10.7. The highest BCUT2D eigenvalue weighted by Crippen LogP contribution is 2.00. The summed E-state index contributed by atoms with van der Waals surface area (Å²) in [6, 6.07) is 9.85. The van der Waals surface area contributed by atoms with Crippen LogP contribution < -0.4 is 0 Å². The van der Waals surface area contributed by atoms with Crippen LogP contribution in [0.25, 0.3) is 0 Å². The Morgan fingerprint density at radius 3 is 2.19 bits per heavy atom. The fraction of sp³-hybridized carbons (Fsp3) is 0.571. The number of hydrogen-bond acceptors (Lipinski definition) is 5. The molecule has 0 aliphatic rings. The Bertz CT molecular complexity index is 473. The first-order chi connectivity index (χ1) is 10.00. The van der Waals surface area contributed by atoms with E-state index >= 15 is 0 Å². The minimum absolute atomic E-state index is 0.0489. The lowest BCUT2D eigenvalue weighted by Gasteiger charge is -2.09. The van der Waals surface area contributed by atoms with Crippen molar-refractivity contribution >= 4 is 10.1 Å². The molecule has 0 fully saturated rings. The molecule has 0 aromatic heterocycles. The van der Waals surface area contributed by atoms with E-state index in [2.05, 4.69) is 0 Å². The van der Waals surface area contributed by atoms with E-state index in [-0.39, 0.29) is 13.2 Å². The minimum Gasteiger partial charge on any atom is -0.378 e. The van der Waals surface area contributed by atoms with Gasteiger partial charge in [-0.1, -0.05) is 30.3 Å². The normalized spacial score (nSPS) is 13.2. The average Bonchev–Trinajstić information content (AvgIpc) is 2.45. The predicted molar refractivity (Wildman–Crippen MR) is 78.7 cm³/mol. The second kappa shape index (κ2) is 9.86. The zero-order chi connectivity index (χ0) is 15.6. The number of ether oxygens (including phenoxy) is 3. The summed E-state index contributed by atoms with van der Waals surface area (Å²) in [6.07, 6.45) is 0. The smallest absolute Gasteiger partial charge is 0.269 e. The molecule has 0 amide bonds.